The summed E-state index contributed by atoms with van der Waals surface area (Å²) in [4.78, 5) is 11.5. The summed E-state index contributed by atoms with van der Waals surface area (Å²) < 4.78 is 0. The molecule has 0 radical (unpaired) electrons. The quantitative estimate of drug-likeness (QED) is 0.841. The number of aryl methyl sites for hydroxylation is 1. The molecule has 4 heteroatoms. The Kier molecular flexibility index (Phi) is 2.74. The molecule has 2 fully saturated rings. The molecule has 17 heavy (non-hydrogen) atoms. The molecule has 1 aromatic rings. The molecule has 1 unspecified atom stereocenters. The second-order valence-corrected chi connectivity index (χ2v) is 5.36. The summed E-state index contributed by atoms with van der Waals surface area (Å²) in [7, 11) is 0. The lowest BCUT2D eigenvalue weighted by Crippen LogP contribution is -2.43. The van der Waals surface area contributed by atoms with Gasteiger partial charge in [-0.05, 0) is 38.2 Å². The second kappa shape index (κ2) is 4.26. The van der Waals surface area contributed by atoms with Gasteiger partial charge in [0.2, 0.25) is 5.95 Å². The molecule has 1 saturated heterocycles. The lowest BCUT2D eigenvalue weighted by molar-refractivity contribution is 0.499. The van der Waals surface area contributed by atoms with Crippen LogP contribution >= 0.6 is 0 Å². The Hall–Kier alpha value is -1.16. The molecule has 0 amide bonds. The van der Waals surface area contributed by atoms with E-state index in [1.54, 1.807) is 0 Å². The molecule has 2 aliphatic rings. The number of anilines is 1. The summed E-state index contributed by atoms with van der Waals surface area (Å²) in [6.45, 7) is 4.05. The number of hydrogen-bond donors (Lipinski definition) is 1. The summed E-state index contributed by atoms with van der Waals surface area (Å²) in [5.74, 6) is 1.57. The first-order valence-electron chi connectivity index (χ1n) is 6.58. The zero-order chi connectivity index (χ0) is 11.8. The molecule has 1 aliphatic carbocycles. The maximum atomic E-state index is 6.01. The van der Waals surface area contributed by atoms with Crippen LogP contribution < -0.4 is 10.6 Å². The average molecular weight is 232 g/mol. The standard InChI is InChI=1S/C13H20N4/c1-9-7-15-13(16-12(9)10-4-5-10)17-6-2-3-11(14)8-17/h7,10-11H,2-6,8,14H2,1H3. The summed E-state index contributed by atoms with van der Waals surface area (Å²) in [6.07, 6.45) is 6.82. The van der Waals surface area contributed by atoms with Crippen LogP contribution in [0.3, 0.4) is 0 Å². The molecule has 1 aromatic heterocycles. The minimum absolute atomic E-state index is 0.276. The van der Waals surface area contributed by atoms with Gasteiger partial charge in [-0.25, -0.2) is 9.97 Å². The van der Waals surface area contributed by atoms with Crippen LogP contribution in [0.4, 0.5) is 5.95 Å². The molecule has 1 atom stereocenters. The van der Waals surface area contributed by atoms with E-state index in [1.165, 1.54) is 24.1 Å². The number of hydrogen-bond acceptors (Lipinski definition) is 4. The van der Waals surface area contributed by atoms with E-state index < -0.39 is 0 Å². The molecule has 0 aromatic carbocycles. The van der Waals surface area contributed by atoms with Gasteiger partial charge in [-0.2, -0.15) is 0 Å². The Morgan fingerprint density at radius 2 is 2.18 bits per heavy atom. The van der Waals surface area contributed by atoms with Gasteiger partial charge in [0.1, 0.15) is 0 Å². The first-order valence-corrected chi connectivity index (χ1v) is 6.58. The van der Waals surface area contributed by atoms with Crippen LogP contribution in [-0.2, 0) is 0 Å². The van der Waals surface area contributed by atoms with E-state index in [-0.39, 0.29) is 6.04 Å². The molecular formula is C13H20N4. The fraction of sp³-hybridized carbons (Fsp3) is 0.692. The lowest BCUT2D eigenvalue weighted by Gasteiger charge is -2.31. The number of nitrogens with zero attached hydrogens (tertiary/aromatic N) is 3. The molecule has 1 saturated carbocycles. The number of nitrogens with two attached hydrogens (primary N) is 1. The van der Waals surface area contributed by atoms with Crippen LogP contribution in [-0.4, -0.2) is 29.1 Å². The number of aromatic nitrogens is 2. The van der Waals surface area contributed by atoms with Crippen molar-refractivity contribution in [2.45, 2.75) is 44.6 Å². The van der Waals surface area contributed by atoms with Crippen molar-refractivity contribution in [2.75, 3.05) is 18.0 Å². The minimum Gasteiger partial charge on any atom is -0.339 e. The van der Waals surface area contributed by atoms with Crippen molar-refractivity contribution in [1.29, 1.82) is 0 Å². The lowest BCUT2D eigenvalue weighted by atomic mass is 10.1. The van der Waals surface area contributed by atoms with Gasteiger partial charge in [-0.3, -0.25) is 0 Å². The predicted octanol–water partition coefficient (Wildman–Crippen LogP) is 1.59. The van der Waals surface area contributed by atoms with Crippen LogP contribution in [0.15, 0.2) is 6.20 Å². The minimum atomic E-state index is 0.276. The Balaban J connectivity index is 1.84. The highest BCUT2D eigenvalue weighted by atomic mass is 15.3. The molecular weight excluding hydrogens is 212 g/mol. The second-order valence-electron chi connectivity index (χ2n) is 5.36. The van der Waals surface area contributed by atoms with Crippen molar-refractivity contribution < 1.29 is 0 Å². The largest absolute Gasteiger partial charge is 0.339 e. The van der Waals surface area contributed by atoms with E-state index in [9.17, 15) is 0 Å². The van der Waals surface area contributed by atoms with Crippen LogP contribution in [0, 0.1) is 6.92 Å². The van der Waals surface area contributed by atoms with E-state index >= 15 is 0 Å². The van der Waals surface area contributed by atoms with Gasteiger partial charge in [0.25, 0.3) is 0 Å². The predicted molar refractivity (Wildman–Crippen MR) is 68.2 cm³/mol. The normalized spacial score (nSPS) is 25.1. The molecule has 2 N–H and O–H groups in total. The van der Waals surface area contributed by atoms with Crippen LogP contribution in [0.1, 0.15) is 42.9 Å². The molecule has 0 spiro atoms. The van der Waals surface area contributed by atoms with Crippen molar-refractivity contribution in [3.8, 4) is 0 Å². The summed E-state index contributed by atoms with van der Waals surface area (Å²) >= 11 is 0. The van der Waals surface area contributed by atoms with E-state index in [0.29, 0.717) is 5.92 Å². The van der Waals surface area contributed by atoms with E-state index in [0.717, 1.165) is 31.9 Å². The maximum Gasteiger partial charge on any atom is 0.225 e. The van der Waals surface area contributed by atoms with Crippen molar-refractivity contribution in [1.82, 2.24) is 9.97 Å². The third-order valence-electron chi connectivity index (χ3n) is 3.70. The topological polar surface area (TPSA) is 55.0 Å². The van der Waals surface area contributed by atoms with Gasteiger partial charge in [0.15, 0.2) is 0 Å². The maximum absolute atomic E-state index is 6.01. The molecule has 4 nitrogen and oxygen atoms in total. The van der Waals surface area contributed by atoms with E-state index in [1.807, 2.05) is 6.20 Å². The van der Waals surface area contributed by atoms with Gasteiger partial charge in [0.05, 0.1) is 5.69 Å². The zero-order valence-electron chi connectivity index (χ0n) is 10.4. The molecule has 1 aliphatic heterocycles. The summed E-state index contributed by atoms with van der Waals surface area (Å²) in [6, 6.07) is 0.276. The van der Waals surface area contributed by atoms with Gasteiger partial charge in [-0.1, -0.05) is 0 Å². The van der Waals surface area contributed by atoms with Gasteiger partial charge in [-0.15, -0.1) is 0 Å². The smallest absolute Gasteiger partial charge is 0.225 e. The monoisotopic (exact) mass is 232 g/mol. The Morgan fingerprint density at radius 3 is 2.88 bits per heavy atom. The van der Waals surface area contributed by atoms with Crippen LogP contribution in [0.5, 0.6) is 0 Å². The van der Waals surface area contributed by atoms with Crippen molar-refractivity contribution >= 4 is 5.95 Å². The number of rotatable bonds is 2. The van der Waals surface area contributed by atoms with Gasteiger partial charge in [0, 0.05) is 31.2 Å². The fourth-order valence-corrected chi connectivity index (χ4v) is 2.56. The third kappa shape index (κ3) is 2.27. The molecule has 0 bridgehead atoms. The zero-order valence-corrected chi connectivity index (χ0v) is 10.4. The van der Waals surface area contributed by atoms with Crippen molar-refractivity contribution in [3.05, 3.63) is 17.5 Å². The van der Waals surface area contributed by atoms with Crippen molar-refractivity contribution in [3.63, 3.8) is 0 Å². The van der Waals surface area contributed by atoms with Gasteiger partial charge < -0.3 is 10.6 Å². The fourth-order valence-electron chi connectivity index (χ4n) is 2.56. The molecule has 92 valence electrons. The number of piperidine rings is 1. The highest BCUT2D eigenvalue weighted by molar-refractivity contribution is 5.36. The first-order chi connectivity index (χ1) is 8.24. The third-order valence-corrected chi connectivity index (χ3v) is 3.70. The molecule has 3 rings (SSSR count). The van der Waals surface area contributed by atoms with Gasteiger partial charge >= 0.3 is 0 Å². The Morgan fingerprint density at radius 1 is 1.35 bits per heavy atom. The van der Waals surface area contributed by atoms with Crippen LogP contribution in [0.2, 0.25) is 0 Å². The molecule has 2 heterocycles. The SMILES string of the molecule is Cc1cnc(N2CCCC(N)C2)nc1C1CC1. The van der Waals surface area contributed by atoms with E-state index in [4.69, 9.17) is 10.7 Å². The Labute approximate surface area is 102 Å². The highest BCUT2D eigenvalue weighted by Crippen LogP contribution is 2.40. The first kappa shape index (κ1) is 11.0. The summed E-state index contributed by atoms with van der Waals surface area (Å²) in [5.41, 5.74) is 8.50. The summed E-state index contributed by atoms with van der Waals surface area (Å²) in [5, 5.41) is 0. The average Bonchev–Trinajstić information content (AvgIpc) is 3.14. The highest BCUT2D eigenvalue weighted by Gasteiger charge is 2.28. The van der Waals surface area contributed by atoms with Crippen molar-refractivity contribution in [2.24, 2.45) is 5.73 Å². The van der Waals surface area contributed by atoms with Crippen LogP contribution in [0.25, 0.3) is 0 Å². The Bertz CT molecular complexity index is 414. The van der Waals surface area contributed by atoms with E-state index in [2.05, 4.69) is 16.8 Å².